The lowest BCUT2D eigenvalue weighted by molar-refractivity contribution is -0.125. The van der Waals surface area contributed by atoms with Crippen LogP contribution in [0.15, 0.2) is 52.3 Å². The maximum atomic E-state index is 12.9. The first-order chi connectivity index (χ1) is 15.3. The quantitative estimate of drug-likeness (QED) is 0.356. The van der Waals surface area contributed by atoms with E-state index in [0.29, 0.717) is 47.4 Å². The van der Waals surface area contributed by atoms with Crippen LogP contribution in [-0.2, 0) is 20.6 Å². The SMILES string of the molecule is CSc1ccc(S(=O)(=O)N2CCC(C(=O)NCCSCc3ccc(Cl)c(Cl)c3)CC2)cc1. The van der Waals surface area contributed by atoms with E-state index in [1.807, 2.05) is 30.5 Å². The van der Waals surface area contributed by atoms with Crippen LogP contribution in [0, 0.1) is 5.92 Å². The van der Waals surface area contributed by atoms with Crippen molar-refractivity contribution in [3.05, 3.63) is 58.1 Å². The van der Waals surface area contributed by atoms with E-state index in [1.165, 1.54) is 4.31 Å². The first-order valence-corrected chi connectivity index (χ1v) is 14.8. The molecule has 1 saturated heterocycles. The van der Waals surface area contributed by atoms with Gasteiger partial charge in [0.05, 0.1) is 14.9 Å². The predicted octanol–water partition coefficient (Wildman–Crippen LogP) is 5.17. The average molecular weight is 534 g/mol. The summed E-state index contributed by atoms with van der Waals surface area (Å²) in [5.41, 5.74) is 1.09. The number of carbonyl (C=O) groups excluding carboxylic acids is 1. The maximum absolute atomic E-state index is 12.9. The van der Waals surface area contributed by atoms with Gasteiger partial charge in [-0.1, -0.05) is 29.3 Å². The Hall–Kier alpha value is -0.900. The lowest BCUT2D eigenvalue weighted by atomic mass is 9.97. The molecule has 1 aliphatic heterocycles. The number of halogens is 2. The zero-order valence-corrected chi connectivity index (χ0v) is 21.7. The molecule has 1 heterocycles. The highest BCUT2D eigenvalue weighted by Crippen LogP contribution is 2.26. The molecule has 32 heavy (non-hydrogen) atoms. The first-order valence-electron chi connectivity index (χ1n) is 10.2. The summed E-state index contributed by atoms with van der Waals surface area (Å²) in [5.74, 6) is 1.42. The number of carbonyl (C=O) groups is 1. The van der Waals surface area contributed by atoms with Crippen LogP contribution in [0.5, 0.6) is 0 Å². The van der Waals surface area contributed by atoms with Gasteiger partial charge in [-0.15, -0.1) is 11.8 Å². The Kier molecular flexibility index (Phi) is 9.64. The molecular weight excluding hydrogens is 507 g/mol. The van der Waals surface area contributed by atoms with Crippen molar-refractivity contribution in [2.45, 2.75) is 28.4 Å². The van der Waals surface area contributed by atoms with Crippen LogP contribution < -0.4 is 5.32 Å². The van der Waals surface area contributed by atoms with Crippen LogP contribution in [0.4, 0.5) is 0 Å². The van der Waals surface area contributed by atoms with Crippen molar-refractivity contribution >= 4 is 62.7 Å². The minimum atomic E-state index is -3.52. The van der Waals surface area contributed by atoms with Gasteiger partial charge in [0.1, 0.15) is 0 Å². The molecule has 0 spiro atoms. The second-order valence-electron chi connectivity index (χ2n) is 7.45. The first kappa shape index (κ1) is 25.7. The number of thioether (sulfide) groups is 2. The monoisotopic (exact) mass is 532 g/mol. The minimum Gasteiger partial charge on any atom is -0.355 e. The van der Waals surface area contributed by atoms with Crippen LogP contribution in [-0.4, -0.2) is 50.3 Å². The summed E-state index contributed by atoms with van der Waals surface area (Å²) < 4.78 is 27.2. The third kappa shape index (κ3) is 6.81. The van der Waals surface area contributed by atoms with Crippen molar-refractivity contribution in [1.29, 1.82) is 0 Å². The molecule has 0 radical (unpaired) electrons. The van der Waals surface area contributed by atoms with Gasteiger partial charge in [-0.3, -0.25) is 4.79 Å². The van der Waals surface area contributed by atoms with E-state index in [1.54, 1.807) is 41.7 Å². The molecule has 3 rings (SSSR count). The Morgan fingerprint density at radius 1 is 1.09 bits per heavy atom. The fourth-order valence-corrected chi connectivity index (χ4v) is 6.47. The highest BCUT2D eigenvalue weighted by Gasteiger charge is 2.31. The summed E-state index contributed by atoms with van der Waals surface area (Å²) in [6, 6.07) is 12.5. The van der Waals surface area contributed by atoms with Gasteiger partial charge in [0.25, 0.3) is 0 Å². The zero-order valence-electron chi connectivity index (χ0n) is 17.7. The number of rotatable bonds is 9. The minimum absolute atomic E-state index is 0.00140. The Labute approximate surface area is 208 Å². The molecule has 174 valence electrons. The second kappa shape index (κ2) is 12.0. The molecule has 0 unspecified atom stereocenters. The molecule has 0 saturated carbocycles. The standard InChI is InChI=1S/C22H26Cl2N2O3S3/c1-30-18-3-5-19(6-4-18)32(28,29)26-11-8-17(9-12-26)22(27)25-10-13-31-15-16-2-7-20(23)21(24)14-16/h2-7,14,17H,8-13,15H2,1H3,(H,25,27). The molecular formula is C22H26Cl2N2O3S3. The highest BCUT2D eigenvalue weighted by molar-refractivity contribution is 7.98. The molecule has 5 nitrogen and oxygen atoms in total. The van der Waals surface area contributed by atoms with Gasteiger partial charge in [0.15, 0.2) is 0 Å². The number of sulfonamides is 1. The Balaban J connectivity index is 1.39. The fourth-order valence-electron chi connectivity index (χ4n) is 3.47. The van der Waals surface area contributed by atoms with Crippen LogP contribution in [0.1, 0.15) is 18.4 Å². The van der Waals surface area contributed by atoms with E-state index < -0.39 is 10.0 Å². The Morgan fingerprint density at radius 3 is 2.41 bits per heavy atom. The van der Waals surface area contributed by atoms with Crippen LogP contribution >= 0.6 is 46.7 Å². The smallest absolute Gasteiger partial charge is 0.243 e. The maximum Gasteiger partial charge on any atom is 0.243 e. The molecule has 0 bridgehead atoms. The summed E-state index contributed by atoms with van der Waals surface area (Å²) in [6.07, 6.45) is 3.02. The number of benzene rings is 2. The number of piperidine rings is 1. The third-order valence-corrected chi connectivity index (χ3v) is 9.75. The number of nitrogens with zero attached hydrogens (tertiary/aromatic N) is 1. The van der Waals surface area contributed by atoms with E-state index in [4.69, 9.17) is 23.2 Å². The van der Waals surface area contributed by atoms with E-state index in [-0.39, 0.29) is 11.8 Å². The van der Waals surface area contributed by atoms with Gasteiger partial charge >= 0.3 is 0 Å². The zero-order chi connectivity index (χ0) is 23.1. The Morgan fingerprint density at radius 2 is 1.78 bits per heavy atom. The van der Waals surface area contributed by atoms with Crippen LogP contribution in [0.25, 0.3) is 0 Å². The number of amides is 1. The fraction of sp³-hybridized carbons (Fsp3) is 0.409. The molecule has 1 N–H and O–H groups in total. The normalized spacial score (nSPS) is 15.6. The van der Waals surface area contributed by atoms with Crippen molar-refractivity contribution in [1.82, 2.24) is 9.62 Å². The summed E-state index contributed by atoms with van der Waals surface area (Å²) in [7, 11) is -3.52. The van der Waals surface area contributed by atoms with Crippen LogP contribution in [0.2, 0.25) is 10.0 Å². The lowest BCUT2D eigenvalue weighted by Crippen LogP contribution is -2.43. The van der Waals surface area contributed by atoms with Gasteiger partial charge in [-0.25, -0.2) is 8.42 Å². The average Bonchev–Trinajstić information content (AvgIpc) is 2.81. The Bertz CT molecular complexity index is 1030. The lowest BCUT2D eigenvalue weighted by Gasteiger charge is -2.30. The van der Waals surface area contributed by atoms with Crippen molar-refractivity contribution < 1.29 is 13.2 Å². The summed E-state index contributed by atoms with van der Waals surface area (Å²) in [5, 5.41) is 4.07. The highest BCUT2D eigenvalue weighted by atomic mass is 35.5. The topological polar surface area (TPSA) is 66.5 Å². The van der Waals surface area contributed by atoms with E-state index >= 15 is 0 Å². The summed E-state index contributed by atoms with van der Waals surface area (Å²) in [6.45, 7) is 1.29. The van der Waals surface area contributed by atoms with Gasteiger partial charge in [-0.05, 0) is 61.1 Å². The molecule has 10 heteroatoms. The van der Waals surface area contributed by atoms with E-state index in [9.17, 15) is 13.2 Å². The largest absolute Gasteiger partial charge is 0.355 e. The van der Waals surface area contributed by atoms with Crippen molar-refractivity contribution in [3.63, 3.8) is 0 Å². The van der Waals surface area contributed by atoms with Crippen molar-refractivity contribution in [3.8, 4) is 0 Å². The molecule has 0 aliphatic carbocycles. The molecule has 2 aromatic rings. The van der Waals surface area contributed by atoms with E-state index in [2.05, 4.69) is 5.32 Å². The molecule has 0 atom stereocenters. The third-order valence-electron chi connectivity index (χ3n) is 5.32. The van der Waals surface area contributed by atoms with Crippen LogP contribution in [0.3, 0.4) is 0 Å². The van der Waals surface area contributed by atoms with Gasteiger partial charge < -0.3 is 5.32 Å². The van der Waals surface area contributed by atoms with Gasteiger partial charge in [0, 0.05) is 42.0 Å². The van der Waals surface area contributed by atoms with Crippen molar-refractivity contribution in [2.75, 3.05) is 31.6 Å². The predicted molar refractivity (Wildman–Crippen MR) is 135 cm³/mol. The number of hydrogen-bond donors (Lipinski definition) is 1. The summed E-state index contributed by atoms with van der Waals surface area (Å²) >= 11 is 15.2. The van der Waals surface area contributed by atoms with Gasteiger partial charge in [0.2, 0.25) is 15.9 Å². The molecule has 1 aliphatic rings. The second-order valence-corrected chi connectivity index (χ2v) is 12.2. The van der Waals surface area contributed by atoms with Crippen molar-refractivity contribution in [2.24, 2.45) is 5.92 Å². The molecule has 1 fully saturated rings. The van der Waals surface area contributed by atoms with E-state index in [0.717, 1.165) is 22.0 Å². The molecule has 2 aromatic carbocycles. The number of nitrogens with one attached hydrogen (secondary N) is 1. The summed E-state index contributed by atoms with van der Waals surface area (Å²) in [4.78, 5) is 13.8. The molecule has 0 aromatic heterocycles. The number of hydrogen-bond acceptors (Lipinski definition) is 5. The molecule has 1 amide bonds. The van der Waals surface area contributed by atoms with Gasteiger partial charge in [-0.2, -0.15) is 16.1 Å².